The second-order valence-electron chi connectivity index (χ2n) is 6.24. The van der Waals surface area contributed by atoms with Crippen LogP contribution in [0.5, 0.6) is 0 Å². The van der Waals surface area contributed by atoms with E-state index in [4.69, 9.17) is 23.2 Å². The Morgan fingerprint density at radius 2 is 2.12 bits per heavy atom. The van der Waals surface area contributed by atoms with Gasteiger partial charge in [-0.15, -0.1) is 0 Å². The molecular formula is C17H23Cl2N3O2. The molecular weight excluding hydrogens is 349 g/mol. The maximum absolute atomic E-state index is 12.0. The number of piperidine rings is 1. The molecule has 3 N–H and O–H groups in total. The van der Waals surface area contributed by atoms with Gasteiger partial charge in [-0.2, -0.15) is 0 Å². The lowest BCUT2D eigenvalue weighted by atomic mass is 9.85. The number of carbonyl (C=O) groups excluding carboxylic acids is 2. The Balaban J connectivity index is 1.74. The van der Waals surface area contributed by atoms with Crippen LogP contribution in [0.1, 0.15) is 26.2 Å². The molecule has 5 nitrogen and oxygen atoms in total. The summed E-state index contributed by atoms with van der Waals surface area (Å²) in [6.07, 6.45) is 2.73. The average Bonchev–Trinajstić information content (AvgIpc) is 2.57. The van der Waals surface area contributed by atoms with Crippen LogP contribution in [0.25, 0.3) is 0 Å². The molecule has 0 radical (unpaired) electrons. The molecule has 132 valence electrons. The topological polar surface area (TPSA) is 70.2 Å². The summed E-state index contributed by atoms with van der Waals surface area (Å²) in [5.74, 6) is 0.367. The first-order valence-electron chi connectivity index (χ1n) is 8.18. The first kappa shape index (κ1) is 19.0. The van der Waals surface area contributed by atoms with E-state index in [9.17, 15) is 9.59 Å². The number of rotatable bonds is 6. The van der Waals surface area contributed by atoms with Crippen LogP contribution in [-0.4, -0.2) is 31.4 Å². The Hall–Kier alpha value is -1.30. The van der Waals surface area contributed by atoms with Gasteiger partial charge >= 0.3 is 0 Å². The Labute approximate surface area is 152 Å². The van der Waals surface area contributed by atoms with E-state index >= 15 is 0 Å². The lowest BCUT2D eigenvalue weighted by Crippen LogP contribution is -2.37. The van der Waals surface area contributed by atoms with Crippen molar-refractivity contribution in [2.75, 3.05) is 25.0 Å². The molecule has 0 saturated carbocycles. The molecule has 1 aromatic carbocycles. The third-order valence-electron chi connectivity index (χ3n) is 4.30. The van der Waals surface area contributed by atoms with Crippen LogP contribution in [0.4, 0.5) is 5.69 Å². The molecule has 2 amide bonds. The predicted octanol–water partition coefficient (Wildman–Crippen LogP) is 3.07. The van der Waals surface area contributed by atoms with Crippen molar-refractivity contribution >= 4 is 40.7 Å². The minimum Gasteiger partial charge on any atom is -0.347 e. The van der Waals surface area contributed by atoms with Crippen LogP contribution in [0, 0.1) is 11.8 Å². The Morgan fingerprint density at radius 3 is 2.83 bits per heavy atom. The fraction of sp³-hybridized carbons (Fsp3) is 0.529. The molecule has 1 aliphatic heterocycles. The Morgan fingerprint density at radius 1 is 1.33 bits per heavy atom. The first-order chi connectivity index (χ1) is 11.5. The van der Waals surface area contributed by atoms with Crippen molar-refractivity contribution in [2.45, 2.75) is 26.2 Å². The number of anilines is 1. The molecule has 24 heavy (non-hydrogen) atoms. The van der Waals surface area contributed by atoms with Gasteiger partial charge in [-0.3, -0.25) is 9.59 Å². The largest absolute Gasteiger partial charge is 0.347 e. The standard InChI is InChI=1S/C17H23Cl2N3O2/c1-11(12-3-2-6-20-9-12)7-16(23)21-10-17(24)22-15-8-13(18)4-5-14(15)19/h4-5,8,11-12,20H,2-3,6-7,9-10H2,1H3,(H,21,23)(H,22,24). The summed E-state index contributed by atoms with van der Waals surface area (Å²) in [5.41, 5.74) is 0.435. The van der Waals surface area contributed by atoms with E-state index in [-0.39, 0.29) is 18.4 Å². The van der Waals surface area contributed by atoms with Crippen molar-refractivity contribution in [3.05, 3.63) is 28.2 Å². The molecule has 2 rings (SSSR count). The van der Waals surface area contributed by atoms with Gasteiger partial charge in [0.05, 0.1) is 17.3 Å². The highest BCUT2D eigenvalue weighted by molar-refractivity contribution is 6.35. The molecule has 1 heterocycles. The number of hydrogen-bond donors (Lipinski definition) is 3. The summed E-state index contributed by atoms with van der Waals surface area (Å²) < 4.78 is 0. The second kappa shape index (κ2) is 9.25. The quantitative estimate of drug-likeness (QED) is 0.719. The van der Waals surface area contributed by atoms with Gasteiger partial charge in [0.2, 0.25) is 11.8 Å². The smallest absolute Gasteiger partial charge is 0.243 e. The van der Waals surface area contributed by atoms with Crippen LogP contribution in [-0.2, 0) is 9.59 Å². The van der Waals surface area contributed by atoms with E-state index in [0.29, 0.717) is 34.0 Å². The highest BCUT2D eigenvalue weighted by atomic mass is 35.5. The van der Waals surface area contributed by atoms with Crippen molar-refractivity contribution in [3.8, 4) is 0 Å². The molecule has 7 heteroatoms. The Kier molecular flexibility index (Phi) is 7.34. The van der Waals surface area contributed by atoms with Gasteiger partial charge in [-0.1, -0.05) is 30.1 Å². The third-order valence-corrected chi connectivity index (χ3v) is 4.86. The van der Waals surface area contributed by atoms with Gasteiger partial charge in [-0.25, -0.2) is 0 Å². The zero-order chi connectivity index (χ0) is 17.5. The fourth-order valence-corrected chi connectivity index (χ4v) is 3.20. The maximum Gasteiger partial charge on any atom is 0.243 e. The van der Waals surface area contributed by atoms with Crippen LogP contribution in [0.15, 0.2) is 18.2 Å². The van der Waals surface area contributed by atoms with Crippen molar-refractivity contribution in [1.82, 2.24) is 10.6 Å². The van der Waals surface area contributed by atoms with Gasteiger partial charge in [0.1, 0.15) is 0 Å². The van der Waals surface area contributed by atoms with Crippen molar-refractivity contribution < 1.29 is 9.59 Å². The van der Waals surface area contributed by atoms with Crippen molar-refractivity contribution in [2.24, 2.45) is 11.8 Å². The summed E-state index contributed by atoms with van der Waals surface area (Å²) in [6.45, 7) is 4.02. The van der Waals surface area contributed by atoms with Gasteiger partial charge in [0.25, 0.3) is 0 Å². The number of hydrogen-bond acceptors (Lipinski definition) is 3. The minimum absolute atomic E-state index is 0.0860. The summed E-state index contributed by atoms with van der Waals surface area (Å²) in [7, 11) is 0. The molecule has 2 unspecified atom stereocenters. The minimum atomic E-state index is -0.334. The van der Waals surface area contributed by atoms with Gasteiger partial charge in [-0.05, 0) is 56.0 Å². The van der Waals surface area contributed by atoms with Crippen LogP contribution in [0.3, 0.4) is 0 Å². The average molecular weight is 372 g/mol. The highest BCUT2D eigenvalue weighted by Crippen LogP contribution is 2.25. The highest BCUT2D eigenvalue weighted by Gasteiger charge is 2.22. The molecule has 1 aromatic rings. The number of halogens is 2. The zero-order valence-electron chi connectivity index (χ0n) is 13.7. The van der Waals surface area contributed by atoms with E-state index < -0.39 is 0 Å². The molecule has 1 saturated heterocycles. The maximum atomic E-state index is 12.0. The molecule has 0 aromatic heterocycles. The Bertz CT molecular complexity index is 589. The SMILES string of the molecule is CC(CC(=O)NCC(=O)Nc1cc(Cl)ccc1Cl)C1CCCNC1. The number of amides is 2. The third kappa shape index (κ3) is 5.96. The van der Waals surface area contributed by atoms with Crippen LogP contribution in [0.2, 0.25) is 10.0 Å². The predicted molar refractivity (Wildman–Crippen MR) is 97.5 cm³/mol. The lowest BCUT2D eigenvalue weighted by Gasteiger charge is -2.27. The number of carbonyl (C=O) groups is 2. The molecule has 1 fully saturated rings. The van der Waals surface area contributed by atoms with E-state index in [1.165, 1.54) is 0 Å². The van der Waals surface area contributed by atoms with Crippen LogP contribution >= 0.6 is 23.2 Å². The van der Waals surface area contributed by atoms with Crippen LogP contribution < -0.4 is 16.0 Å². The fourth-order valence-electron chi connectivity index (χ4n) is 2.86. The summed E-state index contributed by atoms with van der Waals surface area (Å²) in [6, 6.07) is 4.82. The zero-order valence-corrected chi connectivity index (χ0v) is 15.2. The van der Waals surface area contributed by atoms with E-state index in [1.54, 1.807) is 18.2 Å². The molecule has 0 aliphatic carbocycles. The van der Waals surface area contributed by atoms with Gasteiger partial charge in [0, 0.05) is 11.4 Å². The van der Waals surface area contributed by atoms with Gasteiger partial charge in [0.15, 0.2) is 0 Å². The van der Waals surface area contributed by atoms with Crippen molar-refractivity contribution in [1.29, 1.82) is 0 Å². The summed E-state index contributed by atoms with van der Waals surface area (Å²) >= 11 is 11.9. The van der Waals surface area contributed by atoms with E-state index in [2.05, 4.69) is 22.9 Å². The summed E-state index contributed by atoms with van der Waals surface area (Å²) in [5, 5.41) is 9.54. The normalized spacial score (nSPS) is 18.7. The molecule has 2 atom stereocenters. The van der Waals surface area contributed by atoms with E-state index in [0.717, 1.165) is 25.9 Å². The molecule has 0 spiro atoms. The molecule has 1 aliphatic rings. The van der Waals surface area contributed by atoms with E-state index in [1.807, 2.05) is 0 Å². The summed E-state index contributed by atoms with van der Waals surface area (Å²) in [4.78, 5) is 23.9. The van der Waals surface area contributed by atoms with Crippen molar-refractivity contribution in [3.63, 3.8) is 0 Å². The number of benzene rings is 1. The monoisotopic (exact) mass is 371 g/mol. The lowest BCUT2D eigenvalue weighted by molar-refractivity contribution is -0.125. The molecule has 0 bridgehead atoms. The number of nitrogens with one attached hydrogen (secondary N) is 3. The van der Waals surface area contributed by atoms with Gasteiger partial charge < -0.3 is 16.0 Å². The second-order valence-corrected chi connectivity index (χ2v) is 7.08. The first-order valence-corrected chi connectivity index (χ1v) is 8.93.